The van der Waals surface area contributed by atoms with Crippen molar-refractivity contribution in [1.29, 1.82) is 0 Å². The van der Waals surface area contributed by atoms with Gasteiger partial charge in [0.1, 0.15) is 4.32 Å². The summed E-state index contributed by atoms with van der Waals surface area (Å²) in [4.78, 5) is 10.1. The van der Waals surface area contributed by atoms with Crippen LogP contribution in [0.4, 0.5) is 0 Å². The highest BCUT2D eigenvalue weighted by Gasteiger charge is 1.97. The van der Waals surface area contributed by atoms with Gasteiger partial charge in [-0.25, -0.2) is 0 Å². The molecule has 0 saturated heterocycles. The molecule has 0 fully saturated rings. The molecule has 0 aliphatic carbocycles. The third kappa shape index (κ3) is 5.15. The fraction of sp³-hybridized carbons (Fsp3) is 0.231. The molecule has 0 spiro atoms. The molecule has 1 N–H and O–H groups in total. The minimum Gasteiger partial charge on any atom is -0.314 e. The van der Waals surface area contributed by atoms with Crippen molar-refractivity contribution in [3.05, 3.63) is 40.8 Å². The van der Waals surface area contributed by atoms with Gasteiger partial charge in [0.05, 0.1) is 0 Å². The van der Waals surface area contributed by atoms with E-state index in [4.69, 9.17) is 12.2 Å². The van der Waals surface area contributed by atoms with Crippen molar-refractivity contribution in [3.8, 4) is 0 Å². The van der Waals surface area contributed by atoms with Gasteiger partial charge in [-0.05, 0) is 28.5 Å². The van der Waals surface area contributed by atoms with Crippen LogP contribution in [0.3, 0.4) is 0 Å². The van der Waals surface area contributed by atoms with E-state index in [-0.39, 0.29) is 0 Å². The lowest BCUT2D eigenvalue weighted by molar-refractivity contribution is -0.108. The Morgan fingerprint density at radius 3 is 2.53 bits per heavy atom. The van der Waals surface area contributed by atoms with Crippen LogP contribution in [0, 0.1) is 0 Å². The molecule has 2 nitrogen and oxygen atoms in total. The van der Waals surface area contributed by atoms with Gasteiger partial charge in [-0.15, -0.1) is 0 Å². The summed E-state index contributed by atoms with van der Waals surface area (Å²) >= 11 is 6.21. The summed E-state index contributed by atoms with van der Waals surface area (Å²) < 4.78 is 0.454. The number of carbonyl (C=O) groups is 1. The van der Waals surface area contributed by atoms with E-state index in [1.165, 1.54) is 17.3 Å². The highest BCUT2D eigenvalue weighted by molar-refractivity contribution is 8.25. The average Bonchev–Trinajstić information content (AvgIpc) is 2.30. The number of carbonyl (C=O) groups excluding carboxylic acids is 1. The molecule has 0 aliphatic heterocycles. The van der Waals surface area contributed by atoms with Crippen LogP contribution in [-0.2, 0) is 4.79 Å². The summed E-state index contributed by atoms with van der Waals surface area (Å²) in [5.74, 6) is 0.548. The summed E-state index contributed by atoms with van der Waals surface area (Å²) in [6, 6.07) is 8.39. The zero-order valence-electron chi connectivity index (χ0n) is 9.84. The number of nitrogens with one attached hydrogen (secondary N) is 1. The molecule has 1 aromatic rings. The first-order chi connectivity index (χ1) is 8.13. The lowest BCUT2D eigenvalue weighted by atomic mass is 10.0. The smallest absolute Gasteiger partial charge is 0.212 e. The highest BCUT2D eigenvalue weighted by Crippen LogP contribution is 2.16. The summed E-state index contributed by atoms with van der Waals surface area (Å²) in [6.45, 7) is 4.34. The van der Waals surface area contributed by atoms with Crippen LogP contribution in [-0.4, -0.2) is 10.7 Å². The Kier molecular flexibility index (Phi) is 5.94. The van der Waals surface area contributed by atoms with E-state index in [0.29, 0.717) is 16.6 Å². The van der Waals surface area contributed by atoms with Gasteiger partial charge in [0.15, 0.2) is 0 Å². The number of benzene rings is 1. The second-order valence-corrected chi connectivity index (χ2v) is 5.37. The van der Waals surface area contributed by atoms with E-state index in [1.807, 2.05) is 11.5 Å². The van der Waals surface area contributed by atoms with Crippen molar-refractivity contribution < 1.29 is 4.79 Å². The Hall–Kier alpha value is -1.13. The van der Waals surface area contributed by atoms with Gasteiger partial charge >= 0.3 is 0 Å². The Morgan fingerprint density at radius 1 is 1.35 bits per heavy atom. The number of hydrogen-bond donors (Lipinski definition) is 1. The summed E-state index contributed by atoms with van der Waals surface area (Å²) in [5, 5.41) is 4.28. The van der Waals surface area contributed by atoms with Crippen LogP contribution in [0.25, 0.3) is 6.08 Å². The summed E-state index contributed by atoms with van der Waals surface area (Å²) in [5.41, 5.74) is 2.45. The number of thioether (sulfide) groups is 1. The van der Waals surface area contributed by atoms with E-state index >= 15 is 0 Å². The molecule has 0 aromatic heterocycles. The lowest BCUT2D eigenvalue weighted by Crippen LogP contribution is -2.14. The van der Waals surface area contributed by atoms with E-state index in [1.54, 1.807) is 0 Å². The van der Waals surface area contributed by atoms with E-state index in [2.05, 4.69) is 43.4 Å². The molecule has 0 aliphatic rings. The third-order valence-corrected chi connectivity index (χ3v) is 3.23. The number of rotatable bonds is 4. The lowest BCUT2D eigenvalue weighted by Gasteiger charge is -2.04. The van der Waals surface area contributed by atoms with Crippen LogP contribution < -0.4 is 5.32 Å². The monoisotopic (exact) mass is 265 g/mol. The standard InChI is InChI=1S/C13H15NOS2/c1-10(2)12-5-3-11(4-6-12)7-8-17-13(16)14-9-15/h3-10H,1-2H3,(H,14,15,16)/b8-7-. The van der Waals surface area contributed by atoms with Gasteiger partial charge in [-0.2, -0.15) is 0 Å². The first-order valence-corrected chi connectivity index (χ1v) is 6.59. The van der Waals surface area contributed by atoms with Gasteiger partial charge < -0.3 is 5.32 Å². The van der Waals surface area contributed by atoms with Crippen molar-refractivity contribution in [2.75, 3.05) is 0 Å². The Morgan fingerprint density at radius 2 is 2.00 bits per heavy atom. The maximum Gasteiger partial charge on any atom is 0.212 e. The second-order valence-electron chi connectivity index (χ2n) is 3.79. The van der Waals surface area contributed by atoms with Crippen molar-refractivity contribution in [2.24, 2.45) is 0 Å². The fourth-order valence-corrected chi connectivity index (χ4v) is 1.93. The third-order valence-electron chi connectivity index (χ3n) is 2.22. The Balaban J connectivity index is 2.54. The molecule has 17 heavy (non-hydrogen) atoms. The zero-order chi connectivity index (χ0) is 12.7. The van der Waals surface area contributed by atoms with Gasteiger partial charge in [-0.1, -0.05) is 62.1 Å². The average molecular weight is 265 g/mol. The molecule has 4 heteroatoms. The molecule has 0 atom stereocenters. The number of hydrogen-bond acceptors (Lipinski definition) is 3. The van der Waals surface area contributed by atoms with Crippen molar-refractivity contribution >= 4 is 40.8 Å². The molecule has 0 saturated carbocycles. The highest BCUT2D eigenvalue weighted by atomic mass is 32.2. The van der Waals surface area contributed by atoms with Crippen molar-refractivity contribution in [1.82, 2.24) is 5.32 Å². The molecule has 0 bridgehead atoms. The minimum atomic E-state index is 0.454. The molecule has 0 heterocycles. The Bertz CT molecular complexity index is 410. The maximum absolute atomic E-state index is 10.1. The minimum absolute atomic E-state index is 0.454. The van der Waals surface area contributed by atoms with Gasteiger partial charge in [-0.3, -0.25) is 4.79 Å². The van der Waals surface area contributed by atoms with Crippen LogP contribution in [0.5, 0.6) is 0 Å². The topological polar surface area (TPSA) is 29.1 Å². The maximum atomic E-state index is 10.1. The van der Waals surface area contributed by atoms with Crippen LogP contribution in [0.2, 0.25) is 0 Å². The van der Waals surface area contributed by atoms with E-state index in [9.17, 15) is 4.79 Å². The second kappa shape index (κ2) is 7.25. The predicted molar refractivity (Wildman–Crippen MR) is 79.0 cm³/mol. The van der Waals surface area contributed by atoms with Crippen LogP contribution in [0.1, 0.15) is 30.9 Å². The molecular weight excluding hydrogens is 250 g/mol. The van der Waals surface area contributed by atoms with Crippen LogP contribution >= 0.6 is 24.0 Å². The number of amides is 1. The quantitative estimate of drug-likeness (QED) is 0.667. The molecule has 1 rings (SSSR count). The molecule has 1 aromatic carbocycles. The normalized spacial score (nSPS) is 10.8. The van der Waals surface area contributed by atoms with E-state index in [0.717, 1.165) is 5.56 Å². The number of thiocarbonyl (C=S) groups is 1. The van der Waals surface area contributed by atoms with Gasteiger partial charge in [0.2, 0.25) is 6.41 Å². The van der Waals surface area contributed by atoms with Gasteiger partial charge in [0, 0.05) is 0 Å². The van der Waals surface area contributed by atoms with Crippen LogP contribution in [0.15, 0.2) is 29.7 Å². The summed E-state index contributed by atoms with van der Waals surface area (Å²) in [7, 11) is 0. The molecule has 1 amide bonds. The molecule has 90 valence electrons. The SMILES string of the molecule is CC(C)c1ccc(/C=C\SC(=S)NC=O)cc1. The summed E-state index contributed by atoms with van der Waals surface area (Å²) in [6.07, 6.45) is 2.55. The molecule has 0 radical (unpaired) electrons. The van der Waals surface area contributed by atoms with Crippen molar-refractivity contribution in [3.63, 3.8) is 0 Å². The van der Waals surface area contributed by atoms with Crippen molar-refractivity contribution in [2.45, 2.75) is 19.8 Å². The predicted octanol–water partition coefficient (Wildman–Crippen LogP) is 3.54. The zero-order valence-corrected chi connectivity index (χ0v) is 11.5. The van der Waals surface area contributed by atoms with Gasteiger partial charge in [0.25, 0.3) is 0 Å². The molecular formula is C13H15NOS2. The first kappa shape index (κ1) is 13.9. The first-order valence-electron chi connectivity index (χ1n) is 5.31. The largest absolute Gasteiger partial charge is 0.314 e. The fourth-order valence-electron chi connectivity index (χ4n) is 1.25. The van der Waals surface area contributed by atoms with E-state index < -0.39 is 0 Å². The Labute approximate surface area is 111 Å². The molecule has 0 unspecified atom stereocenters.